The van der Waals surface area contributed by atoms with E-state index >= 15 is 0 Å². The van der Waals surface area contributed by atoms with Crippen molar-refractivity contribution in [3.63, 3.8) is 0 Å². The van der Waals surface area contributed by atoms with E-state index in [0.717, 1.165) is 31.1 Å². The van der Waals surface area contributed by atoms with E-state index < -0.39 is 0 Å². The van der Waals surface area contributed by atoms with Crippen molar-refractivity contribution in [1.29, 1.82) is 0 Å². The van der Waals surface area contributed by atoms with Crippen LogP contribution in [0, 0.1) is 0 Å². The Morgan fingerprint density at radius 2 is 2.15 bits per heavy atom. The molecule has 0 bridgehead atoms. The van der Waals surface area contributed by atoms with Gasteiger partial charge in [-0.05, 0) is 37.1 Å². The highest BCUT2D eigenvalue weighted by Gasteiger charge is 2.21. The van der Waals surface area contributed by atoms with Gasteiger partial charge in [0, 0.05) is 12.5 Å². The average Bonchev–Trinajstić information content (AvgIpc) is 3.01. The van der Waals surface area contributed by atoms with E-state index in [-0.39, 0.29) is 6.10 Å². The molecule has 1 N–H and O–H groups in total. The highest BCUT2D eigenvalue weighted by atomic mass is 16.6. The molecule has 0 saturated carbocycles. The smallest absolute Gasteiger partial charge is 0.161 e. The zero-order valence-electron chi connectivity index (χ0n) is 12.1. The maximum Gasteiger partial charge on any atom is 0.161 e. The van der Waals surface area contributed by atoms with Gasteiger partial charge >= 0.3 is 0 Å². The van der Waals surface area contributed by atoms with Crippen LogP contribution < -0.4 is 14.8 Å². The quantitative estimate of drug-likeness (QED) is 0.918. The van der Waals surface area contributed by atoms with Gasteiger partial charge < -0.3 is 19.5 Å². The first-order valence-corrected chi connectivity index (χ1v) is 7.52. The predicted octanol–water partition coefficient (Wildman–Crippen LogP) is 2.68. The van der Waals surface area contributed by atoms with Crippen molar-refractivity contribution < 1.29 is 14.2 Å². The van der Waals surface area contributed by atoms with Gasteiger partial charge in [0.05, 0.1) is 20.3 Å². The van der Waals surface area contributed by atoms with Crippen molar-refractivity contribution in [2.75, 3.05) is 26.9 Å². The zero-order chi connectivity index (χ0) is 13.8. The molecule has 0 aliphatic carbocycles. The average molecular weight is 277 g/mol. The molecule has 2 unspecified atom stereocenters. The Morgan fingerprint density at radius 1 is 1.20 bits per heavy atom. The van der Waals surface area contributed by atoms with Crippen molar-refractivity contribution in [2.24, 2.45) is 0 Å². The molecule has 0 aromatic heterocycles. The number of nitrogens with one attached hydrogen (secondary N) is 1. The second kappa shape index (κ2) is 6.46. The minimum atomic E-state index is 0.155. The Morgan fingerprint density at radius 3 is 2.85 bits per heavy atom. The second-order valence-electron chi connectivity index (χ2n) is 5.52. The maximum atomic E-state index is 5.97. The molecule has 1 aromatic carbocycles. The van der Waals surface area contributed by atoms with E-state index in [2.05, 4.69) is 17.4 Å². The molecule has 110 valence electrons. The molecule has 20 heavy (non-hydrogen) atoms. The first-order chi connectivity index (χ1) is 9.86. The fourth-order valence-corrected chi connectivity index (χ4v) is 2.92. The molecule has 0 radical (unpaired) electrons. The van der Waals surface area contributed by atoms with E-state index in [1.807, 2.05) is 6.07 Å². The maximum absolute atomic E-state index is 5.97. The summed E-state index contributed by atoms with van der Waals surface area (Å²) in [5.74, 6) is 1.64. The first-order valence-electron chi connectivity index (χ1n) is 7.52. The van der Waals surface area contributed by atoms with Crippen molar-refractivity contribution in [3.8, 4) is 11.5 Å². The molecule has 1 aromatic rings. The number of ether oxygens (including phenoxy) is 3. The van der Waals surface area contributed by atoms with Crippen molar-refractivity contribution in [2.45, 2.75) is 37.8 Å². The third-order valence-electron chi connectivity index (χ3n) is 4.08. The summed E-state index contributed by atoms with van der Waals surface area (Å²) in [6.45, 7) is 2.57. The fraction of sp³-hybridized carbons (Fsp3) is 0.625. The summed E-state index contributed by atoms with van der Waals surface area (Å²) < 4.78 is 16.8. The molecule has 2 saturated heterocycles. The van der Waals surface area contributed by atoms with E-state index in [9.17, 15) is 0 Å². The van der Waals surface area contributed by atoms with Gasteiger partial charge in [-0.25, -0.2) is 0 Å². The monoisotopic (exact) mass is 277 g/mol. The van der Waals surface area contributed by atoms with Crippen LogP contribution in [0.25, 0.3) is 0 Å². The van der Waals surface area contributed by atoms with Crippen LogP contribution in [0.3, 0.4) is 0 Å². The van der Waals surface area contributed by atoms with Crippen LogP contribution in [-0.2, 0) is 4.74 Å². The Balaban J connectivity index is 1.74. The van der Waals surface area contributed by atoms with Crippen molar-refractivity contribution in [3.05, 3.63) is 23.8 Å². The third-order valence-corrected chi connectivity index (χ3v) is 4.08. The molecular weight excluding hydrogens is 254 g/mol. The Bertz CT molecular complexity index is 437. The van der Waals surface area contributed by atoms with Gasteiger partial charge in [0.1, 0.15) is 6.10 Å². The van der Waals surface area contributed by atoms with Crippen LogP contribution >= 0.6 is 0 Å². The van der Waals surface area contributed by atoms with Crippen LogP contribution in [0.2, 0.25) is 0 Å². The van der Waals surface area contributed by atoms with Gasteiger partial charge in [0.2, 0.25) is 0 Å². The van der Waals surface area contributed by atoms with E-state index in [1.54, 1.807) is 7.11 Å². The summed E-state index contributed by atoms with van der Waals surface area (Å²) in [7, 11) is 1.70. The molecule has 2 atom stereocenters. The summed E-state index contributed by atoms with van der Waals surface area (Å²) in [5.41, 5.74) is 1.29. The highest BCUT2D eigenvalue weighted by Crippen LogP contribution is 2.33. The lowest BCUT2D eigenvalue weighted by atomic mass is 9.97. The van der Waals surface area contributed by atoms with E-state index in [0.29, 0.717) is 12.6 Å². The minimum absolute atomic E-state index is 0.155. The molecule has 4 heteroatoms. The van der Waals surface area contributed by atoms with Crippen LogP contribution in [0.1, 0.15) is 37.3 Å². The highest BCUT2D eigenvalue weighted by molar-refractivity contribution is 5.44. The van der Waals surface area contributed by atoms with Crippen LogP contribution in [0.4, 0.5) is 0 Å². The first kappa shape index (κ1) is 13.7. The molecule has 3 rings (SSSR count). The zero-order valence-corrected chi connectivity index (χ0v) is 12.1. The Kier molecular flexibility index (Phi) is 4.43. The SMILES string of the molecule is COc1cc(C2CCCCN2)ccc1OC1CCOC1. The summed E-state index contributed by atoms with van der Waals surface area (Å²) >= 11 is 0. The number of hydrogen-bond donors (Lipinski definition) is 1. The Labute approximate surface area is 120 Å². The minimum Gasteiger partial charge on any atom is -0.493 e. The number of methoxy groups -OCH3 is 1. The summed E-state index contributed by atoms with van der Waals surface area (Å²) in [6, 6.07) is 6.73. The summed E-state index contributed by atoms with van der Waals surface area (Å²) in [6.07, 6.45) is 4.87. The van der Waals surface area contributed by atoms with E-state index in [4.69, 9.17) is 14.2 Å². The molecule has 2 heterocycles. The molecule has 0 spiro atoms. The van der Waals surface area contributed by atoms with Crippen LogP contribution in [0.15, 0.2) is 18.2 Å². The lowest BCUT2D eigenvalue weighted by Crippen LogP contribution is -2.26. The molecule has 2 aliphatic heterocycles. The summed E-state index contributed by atoms with van der Waals surface area (Å²) in [5, 5.41) is 3.56. The summed E-state index contributed by atoms with van der Waals surface area (Å²) in [4.78, 5) is 0. The number of hydrogen-bond acceptors (Lipinski definition) is 4. The lowest BCUT2D eigenvalue weighted by Gasteiger charge is -2.25. The predicted molar refractivity (Wildman–Crippen MR) is 77.4 cm³/mol. The number of benzene rings is 1. The third kappa shape index (κ3) is 3.07. The van der Waals surface area contributed by atoms with E-state index in [1.165, 1.54) is 24.8 Å². The van der Waals surface area contributed by atoms with Gasteiger partial charge in [-0.1, -0.05) is 12.5 Å². The molecule has 2 aliphatic rings. The van der Waals surface area contributed by atoms with Crippen LogP contribution in [0.5, 0.6) is 11.5 Å². The molecule has 2 fully saturated rings. The second-order valence-corrected chi connectivity index (χ2v) is 5.52. The van der Waals surface area contributed by atoms with Gasteiger partial charge in [0.25, 0.3) is 0 Å². The molecular formula is C16H23NO3. The molecule has 0 amide bonds. The standard InChI is InChI=1S/C16H23NO3/c1-18-16-10-12(14-4-2-3-8-17-14)5-6-15(16)20-13-7-9-19-11-13/h5-6,10,13-14,17H,2-4,7-9,11H2,1H3. The van der Waals surface area contributed by atoms with Gasteiger partial charge in [-0.15, -0.1) is 0 Å². The lowest BCUT2D eigenvalue weighted by molar-refractivity contribution is 0.138. The normalized spacial score (nSPS) is 26.4. The molecule has 4 nitrogen and oxygen atoms in total. The van der Waals surface area contributed by atoms with Gasteiger partial charge in [-0.2, -0.15) is 0 Å². The van der Waals surface area contributed by atoms with Crippen LogP contribution in [-0.4, -0.2) is 33.0 Å². The van der Waals surface area contributed by atoms with Gasteiger partial charge in [-0.3, -0.25) is 0 Å². The van der Waals surface area contributed by atoms with Crippen molar-refractivity contribution in [1.82, 2.24) is 5.32 Å². The number of piperidine rings is 1. The topological polar surface area (TPSA) is 39.7 Å². The van der Waals surface area contributed by atoms with Gasteiger partial charge in [0.15, 0.2) is 11.5 Å². The number of rotatable bonds is 4. The van der Waals surface area contributed by atoms with Crippen molar-refractivity contribution >= 4 is 0 Å². The largest absolute Gasteiger partial charge is 0.493 e. The fourth-order valence-electron chi connectivity index (χ4n) is 2.92. The Hall–Kier alpha value is -1.26.